The Morgan fingerprint density at radius 3 is 1.56 bits per heavy atom. The predicted octanol–water partition coefficient (Wildman–Crippen LogP) is 14.7. The molecule has 3 rings (SSSR count). The summed E-state index contributed by atoms with van der Waals surface area (Å²) in [6.45, 7) is 32.6. The number of nitrogens with one attached hydrogen (secondary N) is 1. The third-order valence-electron chi connectivity index (χ3n) is 7.84. The first-order valence-electron chi connectivity index (χ1n) is 20.9. The van der Waals surface area contributed by atoms with Crippen LogP contribution in [0.5, 0.6) is 0 Å². The molecule has 6 heteroatoms. The monoisotopic (exact) mass is 756 g/mol. The summed E-state index contributed by atoms with van der Waals surface area (Å²) in [5, 5.41) is 2.55. The number of unbranched alkanes of at least 4 members (excludes halogenated alkanes) is 1. The Hall–Kier alpha value is -3.38. The topological polar surface area (TPSA) is 55.4 Å². The minimum Gasteiger partial charge on any atom is -0.378 e. The molecule has 1 aliphatic heterocycles. The van der Waals surface area contributed by atoms with E-state index in [2.05, 4.69) is 46.0 Å². The third-order valence-corrected chi connectivity index (χ3v) is 7.84. The van der Waals surface area contributed by atoms with Crippen molar-refractivity contribution < 1.29 is 23.1 Å². The highest BCUT2D eigenvalue weighted by Crippen LogP contribution is 2.38. The second-order valence-corrected chi connectivity index (χ2v) is 12.9. The van der Waals surface area contributed by atoms with Gasteiger partial charge < -0.3 is 4.74 Å². The molecule has 0 bridgehead atoms. The number of hydrogen-bond donors (Lipinski definition) is 1. The number of amides is 2. The molecule has 4 nitrogen and oxygen atoms in total. The minimum absolute atomic E-state index is 0.0312. The zero-order valence-electron chi connectivity index (χ0n) is 37.3. The van der Waals surface area contributed by atoms with Gasteiger partial charge in [0.15, 0.2) is 0 Å². The van der Waals surface area contributed by atoms with Crippen LogP contribution in [0, 0.1) is 19.8 Å². The molecule has 308 valence electrons. The molecule has 1 N–H and O–H groups in total. The number of allylic oxidation sites excluding steroid dienone is 2. The largest absolute Gasteiger partial charge is 0.378 e. The zero-order chi connectivity index (χ0) is 42.3. The summed E-state index contributed by atoms with van der Waals surface area (Å²) >= 11 is 0. The summed E-state index contributed by atoms with van der Waals surface area (Å²) in [4.78, 5) is 26.1. The minimum atomic E-state index is -2.45. The Labute approximate surface area is 331 Å². The smallest absolute Gasteiger partial charge is 0.259 e. The van der Waals surface area contributed by atoms with Crippen molar-refractivity contribution in [3.63, 3.8) is 0 Å². The van der Waals surface area contributed by atoms with Crippen LogP contribution < -0.4 is 5.32 Å². The van der Waals surface area contributed by atoms with Crippen molar-refractivity contribution in [2.75, 3.05) is 6.61 Å². The van der Waals surface area contributed by atoms with E-state index in [4.69, 9.17) is 4.74 Å². The molecule has 1 unspecified atom stereocenters. The van der Waals surface area contributed by atoms with E-state index in [1.54, 1.807) is 0 Å². The molecule has 0 aliphatic carbocycles. The predicted molar refractivity (Wildman–Crippen MR) is 233 cm³/mol. The molecule has 0 spiro atoms. The van der Waals surface area contributed by atoms with Gasteiger partial charge in [0.2, 0.25) is 5.92 Å². The molecule has 54 heavy (non-hydrogen) atoms. The average Bonchev–Trinajstić information content (AvgIpc) is 3.46. The lowest BCUT2D eigenvalue weighted by molar-refractivity contribution is -0.123. The van der Waals surface area contributed by atoms with E-state index in [0.717, 1.165) is 72.6 Å². The lowest BCUT2D eigenvalue weighted by Crippen LogP contribution is -2.23. The Morgan fingerprint density at radius 2 is 1.20 bits per heavy atom. The van der Waals surface area contributed by atoms with E-state index in [9.17, 15) is 18.4 Å². The molecule has 1 atom stereocenters. The molecule has 0 radical (unpaired) electrons. The van der Waals surface area contributed by atoms with Gasteiger partial charge >= 0.3 is 0 Å². The van der Waals surface area contributed by atoms with Crippen LogP contribution in [-0.2, 0) is 14.3 Å². The number of ether oxygens (including phenoxy) is 1. The Bertz CT molecular complexity index is 1380. The summed E-state index contributed by atoms with van der Waals surface area (Å²) in [5.74, 6) is -2.90. The van der Waals surface area contributed by atoms with Gasteiger partial charge in [0.25, 0.3) is 11.8 Å². The van der Waals surface area contributed by atoms with E-state index >= 15 is 0 Å². The van der Waals surface area contributed by atoms with Crippen molar-refractivity contribution >= 4 is 23.0 Å². The van der Waals surface area contributed by atoms with Gasteiger partial charge in [-0.25, -0.2) is 8.78 Å². The number of alkyl halides is 2. The maximum atomic E-state index is 13.1. The first-order chi connectivity index (χ1) is 25.8. The number of rotatable bonds is 15. The van der Waals surface area contributed by atoms with Gasteiger partial charge in [0, 0.05) is 13.0 Å². The summed E-state index contributed by atoms with van der Waals surface area (Å²) < 4.78 is 29.4. The number of halogens is 2. The van der Waals surface area contributed by atoms with Gasteiger partial charge in [-0.3, -0.25) is 14.9 Å². The third kappa shape index (κ3) is 21.5. The fourth-order valence-electron chi connectivity index (χ4n) is 5.41. The Kier molecular flexibility index (Phi) is 33.6. The lowest BCUT2D eigenvalue weighted by atomic mass is 9.85. The van der Waals surface area contributed by atoms with Gasteiger partial charge in [-0.2, -0.15) is 0 Å². The first kappa shape index (κ1) is 55.0. The summed E-state index contributed by atoms with van der Waals surface area (Å²) in [7, 11) is 0. The molecule has 2 amide bonds. The molecule has 0 saturated heterocycles. The molecule has 1 aliphatic rings. The van der Waals surface area contributed by atoms with Crippen LogP contribution in [0.25, 0.3) is 11.1 Å². The maximum Gasteiger partial charge on any atom is 0.259 e. The van der Waals surface area contributed by atoms with E-state index < -0.39 is 5.92 Å². The fourth-order valence-corrected chi connectivity index (χ4v) is 5.41. The highest BCUT2D eigenvalue weighted by molar-refractivity contribution is 6.32. The van der Waals surface area contributed by atoms with Gasteiger partial charge in [-0.1, -0.05) is 164 Å². The van der Waals surface area contributed by atoms with Crippen molar-refractivity contribution in [1.82, 2.24) is 5.32 Å². The number of hydrogen-bond acceptors (Lipinski definition) is 3. The standard InChI is InChI=1S/C27H29NO2.C9H20O.C6H12F2.3C2H6/c1-6-11-22(20-14-9-7-12-18(20)4)24-25(27(30)28-26(24)29)23(16-17(2)3)21-15-10-8-13-19(21)5;1-4-7-9(6-3)10-8-5-2;1-3-4-5-6(2,7)8;3*1-2/h7-17H,6H2,1-5H3,(H,28,29,30);9H,4-8H2,1-3H3;3-5H2,1-2H3;3*1-2H3/b22-11+,23-16+;;;;;. The number of imide groups is 1. The van der Waals surface area contributed by atoms with Crippen LogP contribution in [0.1, 0.15) is 171 Å². The first-order valence-corrected chi connectivity index (χ1v) is 20.9. The highest BCUT2D eigenvalue weighted by atomic mass is 19.3. The number of carbonyl (C=O) groups is 2. The quantitative estimate of drug-likeness (QED) is 0.184. The van der Waals surface area contributed by atoms with Crippen LogP contribution in [0.4, 0.5) is 8.78 Å². The van der Waals surface area contributed by atoms with E-state index in [1.807, 2.05) is 124 Å². The van der Waals surface area contributed by atoms with E-state index in [-0.39, 0.29) is 24.2 Å². The van der Waals surface area contributed by atoms with Crippen molar-refractivity contribution in [1.29, 1.82) is 0 Å². The van der Waals surface area contributed by atoms with Gasteiger partial charge in [0.05, 0.1) is 17.3 Å². The van der Waals surface area contributed by atoms with E-state index in [0.29, 0.717) is 23.7 Å². The number of carbonyl (C=O) groups excluding carboxylic acids is 2. The van der Waals surface area contributed by atoms with Crippen LogP contribution >= 0.6 is 0 Å². The second kappa shape index (κ2) is 33.0. The summed E-state index contributed by atoms with van der Waals surface area (Å²) in [6, 6.07) is 16.0. The zero-order valence-corrected chi connectivity index (χ0v) is 37.3. The van der Waals surface area contributed by atoms with Crippen molar-refractivity contribution in [2.24, 2.45) is 5.92 Å². The molecule has 1 heterocycles. The second-order valence-electron chi connectivity index (χ2n) is 12.9. The highest BCUT2D eigenvalue weighted by Gasteiger charge is 2.35. The lowest BCUT2D eigenvalue weighted by Gasteiger charge is -2.16. The number of aryl methyl sites for hydroxylation is 2. The van der Waals surface area contributed by atoms with Gasteiger partial charge in [-0.05, 0) is 92.2 Å². The van der Waals surface area contributed by atoms with Crippen LogP contribution in [0.2, 0.25) is 0 Å². The molecule has 2 aromatic rings. The molecular weight excluding hydrogens is 677 g/mol. The SMILES string of the molecule is CC.CC.CC.CC/C=C(C1=C(/C(=C/C(C)C)c2ccccc2C)C(=O)NC1=O)\c1ccccc1C.CCCCC(C)(F)F.CCCOC(CC)CCC. The molecule has 0 fully saturated rings. The van der Waals surface area contributed by atoms with Gasteiger partial charge in [-0.15, -0.1) is 0 Å². The maximum absolute atomic E-state index is 13.1. The van der Waals surface area contributed by atoms with Crippen LogP contribution in [0.15, 0.2) is 71.8 Å². The van der Waals surface area contributed by atoms with Crippen molar-refractivity contribution in [3.05, 3.63) is 94.1 Å². The fraction of sp³-hybridized carbons (Fsp3) is 0.583. The molecule has 0 saturated carbocycles. The van der Waals surface area contributed by atoms with Crippen molar-refractivity contribution in [3.8, 4) is 0 Å². The summed E-state index contributed by atoms with van der Waals surface area (Å²) in [6.07, 6.45) is 11.7. The summed E-state index contributed by atoms with van der Waals surface area (Å²) in [5.41, 5.74) is 6.66. The molecule has 2 aromatic carbocycles. The molecule has 0 aromatic heterocycles. The van der Waals surface area contributed by atoms with Gasteiger partial charge in [0.1, 0.15) is 0 Å². The Balaban J connectivity index is -0.000000891. The average molecular weight is 756 g/mol. The molecular formula is C48H79F2NO3. The normalized spacial score (nSPS) is 13.1. The van der Waals surface area contributed by atoms with E-state index in [1.165, 1.54) is 12.8 Å². The van der Waals surface area contributed by atoms with Crippen molar-refractivity contribution in [2.45, 2.75) is 174 Å². The van der Waals surface area contributed by atoms with Crippen LogP contribution in [0.3, 0.4) is 0 Å². The number of benzene rings is 2. The Morgan fingerprint density at radius 1 is 0.741 bits per heavy atom. The van der Waals surface area contributed by atoms with Crippen LogP contribution in [-0.4, -0.2) is 30.4 Å².